The minimum atomic E-state index is 0.480. The molecule has 2 fully saturated rings. The molecule has 1 unspecified atom stereocenters. The molecule has 0 amide bonds. The van der Waals surface area contributed by atoms with E-state index in [9.17, 15) is 0 Å². The van der Waals surface area contributed by atoms with Crippen molar-refractivity contribution in [2.75, 3.05) is 18.8 Å². The van der Waals surface area contributed by atoms with Crippen LogP contribution in [0, 0.1) is 0 Å². The molecule has 3 rings (SSSR count). The van der Waals surface area contributed by atoms with Gasteiger partial charge in [-0.25, -0.2) is 0 Å². The van der Waals surface area contributed by atoms with E-state index in [0.29, 0.717) is 11.2 Å². The number of aromatic nitrogens is 2. The second kappa shape index (κ2) is 4.75. The summed E-state index contributed by atoms with van der Waals surface area (Å²) in [6, 6.07) is 0. The first kappa shape index (κ1) is 10.6. The largest absolute Gasteiger partial charge is 0.339 e. The minimum absolute atomic E-state index is 0.480. The van der Waals surface area contributed by atoms with Crippen LogP contribution in [0.25, 0.3) is 0 Å². The van der Waals surface area contributed by atoms with E-state index in [1.165, 1.54) is 18.6 Å². The third-order valence-corrected chi connectivity index (χ3v) is 4.74. The van der Waals surface area contributed by atoms with Gasteiger partial charge in [-0.2, -0.15) is 16.7 Å². The molecule has 0 bridgehead atoms. The molecule has 2 saturated heterocycles. The van der Waals surface area contributed by atoms with Gasteiger partial charge in [0.1, 0.15) is 0 Å². The van der Waals surface area contributed by atoms with Crippen molar-refractivity contribution in [3.63, 3.8) is 0 Å². The van der Waals surface area contributed by atoms with Crippen LogP contribution in [0.5, 0.6) is 0 Å². The number of piperidine rings is 1. The summed E-state index contributed by atoms with van der Waals surface area (Å²) in [7, 11) is 0. The maximum absolute atomic E-state index is 5.41. The number of rotatable bonds is 2. The first-order valence-electron chi connectivity index (χ1n) is 6.09. The Morgan fingerprint density at radius 1 is 1.25 bits per heavy atom. The average molecular weight is 239 g/mol. The Morgan fingerprint density at radius 3 is 2.88 bits per heavy atom. The molecule has 4 nitrogen and oxygen atoms in total. The lowest BCUT2D eigenvalue weighted by atomic mass is 9.98. The summed E-state index contributed by atoms with van der Waals surface area (Å²) < 4.78 is 5.41. The lowest BCUT2D eigenvalue weighted by Gasteiger charge is -2.18. The number of thioether (sulfide) groups is 1. The molecule has 1 N–H and O–H groups in total. The zero-order chi connectivity index (χ0) is 10.8. The number of nitrogens with one attached hydrogen (secondary N) is 1. The van der Waals surface area contributed by atoms with E-state index in [4.69, 9.17) is 4.52 Å². The quantitative estimate of drug-likeness (QED) is 0.856. The van der Waals surface area contributed by atoms with Crippen LogP contribution in [0.4, 0.5) is 0 Å². The highest BCUT2D eigenvalue weighted by molar-refractivity contribution is 7.99. The van der Waals surface area contributed by atoms with Crippen LogP contribution in [0.2, 0.25) is 0 Å². The smallest absolute Gasteiger partial charge is 0.229 e. The third-order valence-electron chi connectivity index (χ3n) is 3.36. The Morgan fingerprint density at radius 2 is 2.12 bits per heavy atom. The maximum atomic E-state index is 5.41. The Hall–Kier alpha value is -0.550. The molecule has 0 radical (unpaired) electrons. The fourth-order valence-corrected chi connectivity index (χ4v) is 3.59. The highest BCUT2D eigenvalue weighted by Crippen LogP contribution is 2.38. The highest BCUT2D eigenvalue weighted by atomic mass is 32.2. The summed E-state index contributed by atoms with van der Waals surface area (Å²) in [5.74, 6) is 3.51. The van der Waals surface area contributed by atoms with Gasteiger partial charge in [0, 0.05) is 5.92 Å². The second-order valence-corrected chi connectivity index (χ2v) is 5.83. The molecule has 1 aromatic rings. The molecule has 1 aromatic heterocycles. The van der Waals surface area contributed by atoms with Crippen molar-refractivity contribution in [1.29, 1.82) is 0 Å². The van der Waals surface area contributed by atoms with Gasteiger partial charge in [0.25, 0.3) is 0 Å². The Labute approximate surface area is 99.6 Å². The van der Waals surface area contributed by atoms with Crippen molar-refractivity contribution in [2.24, 2.45) is 0 Å². The van der Waals surface area contributed by atoms with Gasteiger partial charge >= 0.3 is 0 Å². The van der Waals surface area contributed by atoms with Crippen molar-refractivity contribution in [3.05, 3.63) is 11.7 Å². The predicted molar refractivity (Wildman–Crippen MR) is 63.6 cm³/mol. The molecule has 3 heterocycles. The molecule has 0 aromatic carbocycles. The van der Waals surface area contributed by atoms with Crippen LogP contribution < -0.4 is 5.32 Å². The second-order valence-electron chi connectivity index (χ2n) is 4.52. The standard InChI is InChI=1S/C11H17N3OS/c1-2-9(16-7-1)10-13-11(15-14-10)8-3-5-12-6-4-8/h8-9,12H,1-7H2. The van der Waals surface area contributed by atoms with Crippen molar-refractivity contribution < 1.29 is 4.52 Å². The van der Waals surface area contributed by atoms with E-state index in [1.54, 1.807) is 0 Å². The Kier molecular flexibility index (Phi) is 3.15. The van der Waals surface area contributed by atoms with Gasteiger partial charge in [0.15, 0.2) is 5.82 Å². The van der Waals surface area contributed by atoms with Crippen LogP contribution in [0.3, 0.4) is 0 Å². The summed E-state index contributed by atoms with van der Waals surface area (Å²) >= 11 is 1.96. The monoisotopic (exact) mass is 239 g/mol. The Balaban J connectivity index is 1.71. The lowest BCUT2D eigenvalue weighted by Crippen LogP contribution is -2.26. The van der Waals surface area contributed by atoms with Gasteiger partial charge < -0.3 is 9.84 Å². The van der Waals surface area contributed by atoms with E-state index < -0.39 is 0 Å². The first-order valence-corrected chi connectivity index (χ1v) is 7.14. The van der Waals surface area contributed by atoms with Crippen LogP contribution in [-0.2, 0) is 0 Å². The maximum Gasteiger partial charge on any atom is 0.229 e. The molecular weight excluding hydrogens is 222 g/mol. The molecule has 2 aliphatic rings. The number of nitrogens with zero attached hydrogens (tertiary/aromatic N) is 2. The lowest BCUT2D eigenvalue weighted by molar-refractivity contribution is 0.318. The molecule has 2 aliphatic heterocycles. The Bertz CT molecular complexity index is 343. The first-order chi connectivity index (χ1) is 7.93. The van der Waals surface area contributed by atoms with E-state index in [0.717, 1.165) is 37.6 Å². The molecule has 16 heavy (non-hydrogen) atoms. The van der Waals surface area contributed by atoms with Gasteiger partial charge in [-0.3, -0.25) is 0 Å². The molecule has 0 saturated carbocycles. The van der Waals surface area contributed by atoms with Crippen molar-refractivity contribution in [2.45, 2.75) is 36.9 Å². The van der Waals surface area contributed by atoms with Crippen LogP contribution >= 0.6 is 11.8 Å². The summed E-state index contributed by atoms with van der Waals surface area (Å²) in [5.41, 5.74) is 0. The summed E-state index contributed by atoms with van der Waals surface area (Å²) in [4.78, 5) is 4.59. The zero-order valence-corrected chi connectivity index (χ0v) is 10.1. The summed E-state index contributed by atoms with van der Waals surface area (Å²) in [6.07, 6.45) is 4.74. The van der Waals surface area contributed by atoms with Crippen molar-refractivity contribution >= 4 is 11.8 Å². The van der Waals surface area contributed by atoms with Crippen LogP contribution in [-0.4, -0.2) is 29.0 Å². The molecule has 5 heteroatoms. The molecule has 1 atom stereocenters. The van der Waals surface area contributed by atoms with Crippen LogP contribution in [0.1, 0.15) is 48.6 Å². The van der Waals surface area contributed by atoms with Gasteiger partial charge in [-0.15, -0.1) is 0 Å². The predicted octanol–water partition coefficient (Wildman–Crippen LogP) is 2.10. The van der Waals surface area contributed by atoms with Gasteiger partial charge in [0.05, 0.1) is 5.25 Å². The molecule has 0 spiro atoms. The van der Waals surface area contributed by atoms with Crippen molar-refractivity contribution in [1.82, 2.24) is 15.5 Å². The van der Waals surface area contributed by atoms with Gasteiger partial charge in [-0.05, 0) is 44.5 Å². The topological polar surface area (TPSA) is 51.0 Å². The average Bonchev–Trinajstić information content (AvgIpc) is 3.01. The van der Waals surface area contributed by atoms with E-state index >= 15 is 0 Å². The van der Waals surface area contributed by atoms with Crippen LogP contribution in [0.15, 0.2) is 4.52 Å². The van der Waals surface area contributed by atoms with E-state index in [2.05, 4.69) is 15.5 Å². The molecule has 88 valence electrons. The van der Waals surface area contributed by atoms with Crippen molar-refractivity contribution in [3.8, 4) is 0 Å². The van der Waals surface area contributed by atoms with Gasteiger partial charge in [-0.1, -0.05) is 5.16 Å². The van der Waals surface area contributed by atoms with Gasteiger partial charge in [0.2, 0.25) is 5.89 Å². The van der Waals surface area contributed by atoms with E-state index in [1.807, 2.05) is 11.8 Å². The molecule has 0 aliphatic carbocycles. The number of hydrogen-bond acceptors (Lipinski definition) is 5. The molecular formula is C11H17N3OS. The highest BCUT2D eigenvalue weighted by Gasteiger charge is 2.26. The minimum Gasteiger partial charge on any atom is -0.339 e. The third kappa shape index (κ3) is 2.11. The number of hydrogen-bond donors (Lipinski definition) is 1. The zero-order valence-electron chi connectivity index (χ0n) is 9.32. The summed E-state index contributed by atoms with van der Waals surface area (Å²) in [5, 5.41) is 7.98. The normalized spacial score (nSPS) is 27.4. The fourth-order valence-electron chi connectivity index (χ4n) is 2.39. The van der Waals surface area contributed by atoms with E-state index in [-0.39, 0.29) is 0 Å². The fraction of sp³-hybridized carbons (Fsp3) is 0.818. The summed E-state index contributed by atoms with van der Waals surface area (Å²) in [6.45, 7) is 2.14. The SMILES string of the molecule is C1CSC(c2noc(C3CCNCC3)n2)C1.